The summed E-state index contributed by atoms with van der Waals surface area (Å²) in [4.78, 5) is 11.2. The predicted octanol–water partition coefficient (Wildman–Crippen LogP) is 5.24. The van der Waals surface area contributed by atoms with E-state index in [2.05, 4.69) is 13.0 Å². The van der Waals surface area contributed by atoms with Gasteiger partial charge in [-0.1, -0.05) is 61.9 Å². The SMILES string of the molecule is CCCCOc1ccc(C=Cc2ccc(C(C)=O)cc2)cc1. The molecule has 0 unspecified atom stereocenters. The van der Waals surface area contributed by atoms with E-state index in [1.54, 1.807) is 6.92 Å². The van der Waals surface area contributed by atoms with Gasteiger partial charge in [-0.3, -0.25) is 4.79 Å². The van der Waals surface area contributed by atoms with Crippen LogP contribution in [0.5, 0.6) is 5.75 Å². The summed E-state index contributed by atoms with van der Waals surface area (Å²) in [5.74, 6) is 1.01. The Morgan fingerprint density at radius 3 is 2.00 bits per heavy atom. The van der Waals surface area contributed by atoms with Crippen LogP contribution in [0.4, 0.5) is 0 Å². The molecule has 2 nitrogen and oxygen atoms in total. The van der Waals surface area contributed by atoms with Crippen molar-refractivity contribution < 1.29 is 9.53 Å². The lowest BCUT2D eigenvalue weighted by molar-refractivity contribution is 0.101. The molecule has 0 bridgehead atoms. The highest BCUT2D eigenvalue weighted by Crippen LogP contribution is 2.15. The Hall–Kier alpha value is -2.35. The highest BCUT2D eigenvalue weighted by Gasteiger charge is 1.97. The number of carbonyl (C=O) groups excluding carboxylic acids is 1. The minimum Gasteiger partial charge on any atom is -0.494 e. The zero-order chi connectivity index (χ0) is 15.8. The smallest absolute Gasteiger partial charge is 0.159 e. The molecule has 2 aromatic carbocycles. The normalized spacial score (nSPS) is 10.8. The van der Waals surface area contributed by atoms with Gasteiger partial charge in [0.05, 0.1) is 6.61 Å². The number of hydrogen-bond acceptors (Lipinski definition) is 2. The molecule has 22 heavy (non-hydrogen) atoms. The van der Waals surface area contributed by atoms with Crippen LogP contribution in [-0.4, -0.2) is 12.4 Å². The molecular weight excluding hydrogens is 272 g/mol. The highest BCUT2D eigenvalue weighted by molar-refractivity contribution is 5.94. The first-order chi connectivity index (χ1) is 10.7. The van der Waals surface area contributed by atoms with Crippen molar-refractivity contribution in [3.05, 3.63) is 65.2 Å². The second kappa shape index (κ2) is 8.18. The Labute approximate surface area is 132 Å². The lowest BCUT2D eigenvalue weighted by atomic mass is 10.1. The van der Waals surface area contributed by atoms with Crippen LogP contribution in [0.25, 0.3) is 12.2 Å². The molecule has 2 aromatic rings. The molecule has 0 saturated carbocycles. The minimum absolute atomic E-state index is 0.0918. The van der Waals surface area contributed by atoms with E-state index in [9.17, 15) is 4.79 Å². The molecule has 0 aliphatic rings. The third-order valence-electron chi connectivity index (χ3n) is 3.43. The van der Waals surface area contributed by atoms with Crippen LogP contribution in [0.3, 0.4) is 0 Å². The third-order valence-corrected chi connectivity index (χ3v) is 3.43. The van der Waals surface area contributed by atoms with Gasteiger partial charge >= 0.3 is 0 Å². The number of carbonyl (C=O) groups is 1. The maximum absolute atomic E-state index is 11.2. The van der Waals surface area contributed by atoms with Gasteiger partial charge in [-0.2, -0.15) is 0 Å². The molecule has 114 valence electrons. The number of ether oxygens (including phenoxy) is 1. The summed E-state index contributed by atoms with van der Waals surface area (Å²) >= 11 is 0. The zero-order valence-corrected chi connectivity index (χ0v) is 13.2. The molecule has 0 N–H and O–H groups in total. The Morgan fingerprint density at radius 1 is 0.955 bits per heavy atom. The Balaban J connectivity index is 1.96. The summed E-state index contributed by atoms with van der Waals surface area (Å²) in [6.07, 6.45) is 6.32. The standard InChI is InChI=1S/C20H22O2/c1-3-4-15-22-20-13-9-18(10-14-20)6-5-17-7-11-19(12-8-17)16(2)21/h5-14H,3-4,15H2,1-2H3. The van der Waals surface area contributed by atoms with Gasteiger partial charge in [0.1, 0.15) is 5.75 Å². The molecular formula is C20H22O2. The molecule has 0 heterocycles. The fourth-order valence-corrected chi connectivity index (χ4v) is 2.03. The minimum atomic E-state index is 0.0918. The fourth-order valence-electron chi connectivity index (χ4n) is 2.03. The number of Topliss-reactive ketones (excluding diaryl/α,β-unsaturated/α-hetero) is 1. The lowest BCUT2D eigenvalue weighted by Gasteiger charge is -2.05. The molecule has 0 saturated heterocycles. The molecule has 0 aliphatic carbocycles. The van der Waals surface area contributed by atoms with Crippen molar-refractivity contribution in [3.63, 3.8) is 0 Å². The molecule has 0 fully saturated rings. The fraction of sp³-hybridized carbons (Fsp3) is 0.250. The molecule has 0 spiro atoms. The van der Waals surface area contributed by atoms with E-state index in [1.165, 1.54) is 0 Å². The van der Waals surface area contributed by atoms with E-state index in [-0.39, 0.29) is 5.78 Å². The van der Waals surface area contributed by atoms with Crippen LogP contribution in [0.1, 0.15) is 48.2 Å². The molecule has 0 aromatic heterocycles. The summed E-state index contributed by atoms with van der Waals surface area (Å²) in [5.41, 5.74) is 2.94. The quantitative estimate of drug-likeness (QED) is 0.396. The third kappa shape index (κ3) is 4.88. The molecule has 2 heteroatoms. The van der Waals surface area contributed by atoms with E-state index in [4.69, 9.17) is 4.74 Å². The van der Waals surface area contributed by atoms with Gasteiger partial charge in [-0.15, -0.1) is 0 Å². The lowest BCUT2D eigenvalue weighted by Crippen LogP contribution is -1.95. The highest BCUT2D eigenvalue weighted by atomic mass is 16.5. The summed E-state index contributed by atoms with van der Waals surface area (Å²) in [6.45, 7) is 4.50. The average Bonchev–Trinajstić information content (AvgIpc) is 2.55. The van der Waals surface area contributed by atoms with Crippen LogP contribution in [-0.2, 0) is 0 Å². The van der Waals surface area contributed by atoms with E-state index in [0.717, 1.165) is 41.9 Å². The number of benzene rings is 2. The van der Waals surface area contributed by atoms with Crippen LogP contribution < -0.4 is 4.74 Å². The average molecular weight is 294 g/mol. The second-order valence-electron chi connectivity index (χ2n) is 5.28. The second-order valence-corrected chi connectivity index (χ2v) is 5.28. The molecule has 0 aliphatic heterocycles. The van der Waals surface area contributed by atoms with Crippen molar-refractivity contribution in [2.75, 3.05) is 6.61 Å². The van der Waals surface area contributed by atoms with Crippen LogP contribution >= 0.6 is 0 Å². The number of ketones is 1. The van der Waals surface area contributed by atoms with Gasteiger partial charge < -0.3 is 4.74 Å². The van der Waals surface area contributed by atoms with Crippen molar-refractivity contribution in [1.82, 2.24) is 0 Å². The van der Waals surface area contributed by atoms with E-state index in [0.29, 0.717) is 0 Å². The summed E-state index contributed by atoms with van der Waals surface area (Å²) in [7, 11) is 0. The predicted molar refractivity (Wildman–Crippen MR) is 92.2 cm³/mol. The van der Waals surface area contributed by atoms with Crippen molar-refractivity contribution >= 4 is 17.9 Å². The monoisotopic (exact) mass is 294 g/mol. The van der Waals surface area contributed by atoms with E-state index in [1.807, 2.05) is 54.6 Å². The maximum Gasteiger partial charge on any atom is 0.159 e. The topological polar surface area (TPSA) is 26.3 Å². The van der Waals surface area contributed by atoms with Gasteiger partial charge in [0.2, 0.25) is 0 Å². The van der Waals surface area contributed by atoms with Crippen molar-refractivity contribution in [3.8, 4) is 5.75 Å². The number of rotatable bonds is 7. The van der Waals surface area contributed by atoms with E-state index < -0.39 is 0 Å². The molecule has 2 rings (SSSR count). The van der Waals surface area contributed by atoms with Gasteiger partial charge in [0.25, 0.3) is 0 Å². The van der Waals surface area contributed by atoms with Gasteiger partial charge in [-0.05, 0) is 36.6 Å². The van der Waals surface area contributed by atoms with Crippen LogP contribution in [0.2, 0.25) is 0 Å². The number of hydrogen-bond donors (Lipinski definition) is 0. The van der Waals surface area contributed by atoms with Crippen molar-refractivity contribution in [2.45, 2.75) is 26.7 Å². The van der Waals surface area contributed by atoms with Crippen molar-refractivity contribution in [2.24, 2.45) is 0 Å². The maximum atomic E-state index is 11.2. The first-order valence-electron chi connectivity index (χ1n) is 7.71. The van der Waals surface area contributed by atoms with E-state index >= 15 is 0 Å². The van der Waals surface area contributed by atoms with Crippen LogP contribution in [0, 0.1) is 0 Å². The summed E-state index contributed by atoms with van der Waals surface area (Å²) in [6, 6.07) is 15.7. The molecule has 0 atom stereocenters. The Kier molecular flexibility index (Phi) is 5.96. The first kappa shape index (κ1) is 16.0. The Bertz CT molecular complexity index is 622. The van der Waals surface area contributed by atoms with Gasteiger partial charge in [0, 0.05) is 5.56 Å². The van der Waals surface area contributed by atoms with Crippen LogP contribution in [0.15, 0.2) is 48.5 Å². The zero-order valence-electron chi connectivity index (χ0n) is 13.2. The van der Waals surface area contributed by atoms with Gasteiger partial charge in [-0.25, -0.2) is 0 Å². The molecule has 0 amide bonds. The first-order valence-corrected chi connectivity index (χ1v) is 7.71. The molecule has 0 radical (unpaired) electrons. The summed E-state index contributed by atoms with van der Waals surface area (Å²) < 4.78 is 5.64. The van der Waals surface area contributed by atoms with Crippen molar-refractivity contribution in [1.29, 1.82) is 0 Å². The Morgan fingerprint density at radius 2 is 1.50 bits per heavy atom. The van der Waals surface area contributed by atoms with Gasteiger partial charge in [0.15, 0.2) is 5.78 Å². The number of unbranched alkanes of at least 4 members (excludes halogenated alkanes) is 1. The summed E-state index contributed by atoms with van der Waals surface area (Å²) in [5, 5.41) is 0. The largest absolute Gasteiger partial charge is 0.494 e.